The monoisotopic (exact) mass is 342 g/mol. The fourth-order valence-corrected chi connectivity index (χ4v) is 2.37. The molecule has 6 heteroatoms. The quantitative estimate of drug-likeness (QED) is 0.783. The van der Waals surface area contributed by atoms with Gasteiger partial charge in [-0.3, -0.25) is 9.48 Å². The van der Waals surface area contributed by atoms with Gasteiger partial charge >= 0.3 is 0 Å². The number of hydrogen-bond acceptors (Lipinski definition) is 3. The number of carbonyl (C=O) groups is 1. The summed E-state index contributed by atoms with van der Waals surface area (Å²) in [4.78, 5) is 12.5. The van der Waals surface area contributed by atoms with Gasteiger partial charge < -0.3 is 4.74 Å². The van der Waals surface area contributed by atoms with Crippen LogP contribution in [-0.2, 0) is 11.3 Å². The van der Waals surface area contributed by atoms with E-state index in [2.05, 4.69) is 21.0 Å². The van der Waals surface area contributed by atoms with Crippen LogP contribution in [0.4, 0.5) is 0 Å². The van der Waals surface area contributed by atoms with Gasteiger partial charge in [0.1, 0.15) is 5.69 Å². The maximum Gasteiger partial charge on any atom is 0.212 e. The van der Waals surface area contributed by atoms with Gasteiger partial charge in [0, 0.05) is 17.7 Å². The first-order valence-electron chi connectivity index (χ1n) is 5.64. The van der Waals surface area contributed by atoms with Crippen molar-refractivity contribution in [3.05, 3.63) is 51.2 Å². The molecule has 1 aromatic heterocycles. The minimum absolute atomic E-state index is 0.122. The minimum atomic E-state index is -0.122. The topological polar surface area (TPSA) is 44.1 Å². The van der Waals surface area contributed by atoms with Crippen LogP contribution < -0.4 is 0 Å². The smallest absolute Gasteiger partial charge is 0.212 e. The number of hydrogen-bond donors (Lipinski definition) is 0. The summed E-state index contributed by atoms with van der Waals surface area (Å²) in [7, 11) is 1.61. The third kappa shape index (κ3) is 3.23. The van der Waals surface area contributed by atoms with Crippen molar-refractivity contribution in [1.29, 1.82) is 0 Å². The van der Waals surface area contributed by atoms with Gasteiger partial charge in [-0.2, -0.15) is 5.10 Å². The summed E-state index contributed by atoms with van der Waals surface area (Å²) < 4.78 is 7.29. The molecule has 1 aromatic carbocycles. The highest BCUT2D eigenvalue weighted by atomic mass is 79.9. The third-order valence-electron chi connectivity index (χ3n) is 2.60. The normalized spacial score (nSPS) is 10.7. The summed E-state index contributed by atoms with van der Waals surface area (Å²) in [6.07, 6.45) is 1.60. The molecule has 100 valence electrons. The van der Waals surface area contributed by atoms with E-state index in [1.807, 2.05) is 0 Å². The molecule has 2 aromatic rings. The number of aromatic nitrogens is 2. The predicted molar refractivity (Wildman–Crippen MR) is 76.7 cm³/mol. The molecule has 0 N–H and O–H groups in total. The van der Waals surface area contributed by atoms with Gasteiger partial charge in [-0.15, -0.1) is 0 Å². The molecule has 0 saturated carbocycles. The Bertz CT molecular complexity index is 598. The van der Waals surface area contributed by atoms with Crippen LogP contribution in [-0.4, -0.2) is 29.3 Å². The van der Waals surface area contributed by atoms with Crippen molar-refractivity contribution in [3.63, 3.8) is 0 Å². The molecule has 0 radical (unpaired) electrons. The summed E-state index contributed by atoms with van der Waals surface area (Å²) in [5, 5.41) is 4.69. The molecule has 0 aliphatic rings. The van der Waals surface area contributed by atoms with Crippen molar-refractivity contribution in [1.82, 2.24) is 9.78 Å². The van der Waals surface area contributed by atoms with E-state index in [9.17, 15) is 4.79 Å². The lowest BCUT2D eigenvalue weighted by Gasteiger charge is -2.07. The predicted octanol–water partition coefficient (Wildman–Crippen LogP) is 3.18. The highest BCUT2D eigenvalue weighted by Crippen LogP contribution is 2.21. The van der Waals surface area contributed by atoms with Gasteiger partial charge in [0.05, 0.1) is 23.8 Å². The molecule has 0 atom stereocenters. The molecule has 2 rings (SSSR count). The Morgan fingerprint density at radius 1 is 1.53 bits per heavy atom. The summed E-state index contributed by atoms with van der Waals surface area (Å²) in [5.41, 5.74) is 1.03. The van der Waals surface area contributed by atoms with E-state index in [1.165, 1.54) is 0 Å². The average molecular weight is 344 g/mol. The van der Waals surface area contributed by atoms with E-state index in [4.69, 9.17) is 16.3 Å². The zero-order valence-corrected chi connectivity index (χ0v) is 12.6. The lowest BCUT2D eigenvalue weighted by molar-refractivity contribution is 0.102. The molecule has 4 nitrogen and oxygen atoms in total. The Balaban J connectivity index is 2.35. The number of carbonyl (C=O) groups excluding carboxylic acids is 1. The highest BCUT2D eigenvalue weighted by molar-refractivity contribution is 9.10. The van der Waals surface area contributed by atoms with Crippen molar-refractivity contribution in [2.75, 3.05) is 13.7 Å². The first kappa shape index (κ1) is 14.2. The van der Waals surface area contributed by atoms with Crippen LogP contribution in [0, 0.1) is 0 Å². The Morgan fingerprint density at radius 3 is 3.00 bits per heavy atom. The van der Waals surface area contributed by atoms with Gasteiger partial charge in [0.2, 0.25) is 5.78 Å². The van der Waals surface area contributed by atoms with E-state index >= 15 is 0 Å². The molecular weight excluding hydrogens is 332 g/mol. The summed E-state index contributed by atoms with van der Waals surface area (Å²) in [6.45, 7) is 1.01. The number of ketones is 1. The molecule has 0 saturated heterocycles. The van der Waals surface area contributed by atoms with Gasteiger partial charge in [0.25, 0.3) is 0 Å². The molecule has 0 bridgehead atoms. The van der Waals surface area contributed by atoms with Crippen molar-refractivity contribution < 1.29 is 9.53 Å². The average Bonchev–Trinajstić information content (AvgIpc) is 2.76. The molecule has 0 spiro atoms. The summed E-state index contributed by atoms with van der Waals surface area (Å²) in [6, 6.07) is 6.85. The molecule has 0 unspecified atom stereocenters. The standard InChI is InChI=1S/C13H12BrClN2O2/c1-19-6-5-17-12(11(14)8-16-17)13(18)9-3-2-4-10(15)7-9/h2-4,7-8H,5-6H2,1H3. The number of rotatable bonds is 5. The zero-order valence-electron chi connectivity index (χ0n) is 10.3. The molecular formula is C13H12BrClN2O2. The zero-order chi connectivity index (χ0) is 13.8. The van der Waals surface area contributed by atoms with E-state index in [1.54, 1.807) is 42.3 Å². The Labute approximate surface area is 124 Å². The van der Waals surface area contributed by atoms with Crippen LogP contribution in [0.1, 0.15) is 16.1 Å². The Morgan fingerprint density at radius 2 is 2.32 bits per heavy atom. The van der Waals surface area contributed by atoms with E-state index in [-0.39, 0.29) is 5.78 Å². The van der Waals surface area contributed by atoms with Crippen LogP contribution in [0.25, 0.3) is 0 Å². The van der Waals surface area contributed by atoms with E-state index < -0.39 is 0 Å². The second kappa shape index (κ2) is 6.32. The van der Waals surface area contributed by atoms with Crippen LogP contribution in [0.5, 0.6) is 0 Å². The fourth-order valence-electron chi connectivity index (χ4n) is 1.70. The largest absolute Gasteiger partial charge is 0.383 e. The van der Waals surface area contributed by atoms with Crippen LogP contribution in [0.15, 0.2) is 34.9 Å². The highest BCUT2D eigenvalue weighted by Gasteiger charge is 2.18. The number of methoxy groups -OCH3 is 1. The molecule has 0 fully saturated rings. The maximum absolute atomic E-state index is 12.5. The summed E-state index contributed by atoms with van der Waals surface area (Å²) in [5.74, 6) is -0.122. The lowest BCUT2D eigenvalue weighted by Crippen LogP contribution is -2.14. The van der Waals surface area contributed by atoms with E-state index in [0.29, 0.717) is 33.9 Å². The van der Waals surface area contributed by atoms with Crippen LogP contribution in [0.2, 0.25) is 5.02 Å². The van der Waals surface area contributed by atoms with Gasteiger partial charge in [-0.1, -0.05) is 23.7 Å². The second-order valence-electron chi connectivity index (χ2n) is 3.90. The SMILES string of the molecule is COCCn1ncc(Br)c1C(=O)c1cccc(Cl)c1. The molecule has 0 aliphatic carbocycles. The van der Waals surface area contributed by atoms with Gasteiger partial charge in [-0.25, -0.2) is 0 Å². The van der Waals surface area contributed by atoms with Crippen molar-refractivity contribution in [2.45, 2.75) is 6.54 Å². The number of nitrogens with zero attached hydrogens (tertiary/aromatic N) is 2. The first-order chi connectivity index (χ1) is 9.13. The van der Waals surface area contributed by atoms with E-state index in [0.717, 1.165) is 0 Å². The van der Waals surface area contributed by atoms with Crippen LogP contribution in [0.3, 0.4) is 0 Å². The van der Waals surface area contributed by atoms with Gasteiger partial charge in [-0.05, 0) is 28.1 Å². The maximum atomic E-state index is 12.5. The second-order valence-corrected chi connectivity index (χ2v) is 5.19. The number of benzene rings is 1. The first-order valence-corrected chi connectivity index (χ1v) is 6.81. The third-order valence-corrected chi connectivity index (χ3v) is 3.42. The Kier molecular flexibility index (Phi) is 4.74. The molecule has 19 heavy (non-hydrogen) atoms. The Hall–Kier alpha value is -1.17. The minimum Gasteiger partial charge on any atom is -0.383 e. The van der Waals surface area contributed by atoms with Crippen LogP contribution >= 0.6 is 27.5 Å². The lowest BCUT2D eigenvalue weighted by atomic mass is 10.1. The van der Waals surface area contributed by atoms with Gasteiger partial charge in [0.15, 0.2) is 0 Å². The fraction of sp³-hybridized carbons (Fsp3) is 0.231. The number of halogens is 2. The summed E-state index contributed by atoms with van der Waals surface area (Å²) >= 11 is 9.25. The molecule has 0 amide bonds. The molecule has 0 aliphatic heterocycles. The van der Waals surface area contributed by atoms with Crippen molar-refractivity contribution in [2.24, 2.45) is 0 Å². The van der Waals surface area contributed by atoms with Crippen molar-refractivity contribution in [3.8, 4) is 0 Å². The molecule has 1 heterocycles. The van der Waals surface area contributed by atoms with Crippen molar-refractivity contribution >= 4 is 33.3 Å². The number of ether oxygens (including phenoxy) is 1.